The molecule has 0 bridgehead atoms. The Morgan fingerprint density at radius 1 is 0.443 bits per heavy atom. The second-order valence-corrected chi connectivity index (χ2v) is 17.4. The molecule has 61 heavy (non-hydrogen) atoms. The molecular weight excluding hydrogens is 779 g/mol. The van der Waals surface area contributed by atoms with Crippen LogP contribution in [0.1, 0.15) is 245 Å². The normalized spacial score (nSPS) is 13.3. The van der Waals surface area contributed by atoms with Crippen LogP contribution in [0.3, 0.4) is 0 Å². The van der Waals surface area contributed by atoms with Gasteiger partial charge in [-0.3, -0.25) is 24.0 Å². The number of hydrogen-bond donors (Lipinski definition) is 4. The average Bonchev–Trinajstić information content (AvgIpc) is 3.23. The summed E-state index contributed by atoms with van der Waals surface area (Å²) in [6, 6.07) is -1.10. The third-order valence-electron chi connectivity index (χ3n) is 11.6. The number of esters is 3. The molecule has 0 rings (SSSR count). The van der Waals surface area contributed by atoms with Crippen molar-refractivity contribution in [2.24, 2.45) is 11.7 Å². The van der Waals surface area contributed by atoms with E-state index in [1.165, 1.54) is 57.8 Å². The lowest BCUT2D eigenvalue weighted by molar-refractivity contribution is -0.159. The summed E-state index contributed by atoms with van der Waals surface area (Å²) in [5.41, 5.74) is 5.49. The highest BCUT2D eigenvalue weighted by atomic mass is 16.6. The number of aliphatic carboxylic acids is 2. The van der Waals surface area contributed by atoms with E-state index in [0.717, 1.165) is 135 Å². The number of nitrogens with two attached hydrogens (primary N) is 1. The molecule has 4 unspecified atom stereocenters. The smallest absolute Gasteiger partial charge is 0.320 e. The number of carboxylic acid groups (broad SMARTS) is 2. The monoisotopic (exact) mass is 870 g/mol. The number of unbranched alkanes of at least 4 members (excludes halogenated alkanes) is 26. The average molecular weight is 870 g/mol. The summed E-state index contributed by atoms with van der Waals surface area (Å²) in [6.45, 7) is 5.09. The van der Waals surface area contributed by atoms with Crippen molar-refractivity contribution >= 4 is 29.8 Å². The number of carboxylic acids is 2. The highest BCUT2D eigenvalue weighted by Crippen LogP contribution is 2.20. The second kappa shape index (κ2) is 42.6. The van der Waals surface area contributed by atoms with E-state index in [1.807, 2.05) is 0 Å². The number of carbonyl (C=O) groups is 5. The SMILES string of the molecule is CCCCCCCCCCCC(C(=O)O)C(=O)OCCCCCCCCCCCCOC(=O)CCCCCCCCCCC(O)C(CCCCC)OC(=O)CCC(N)C(=O)O. The summed E-state index contributed by atoms with van der Waals surface area (Å²) in [5.74, 6) is -4.47. The minimum absolute atomic E-state index is 0.00813. The number of aliphatic hydroxyl groups excluding tert-OH is 1. The summed E-state index contributed by atoms with van der Waals surface area (Å²) in [4.78, 5) is 59.2. The predicted molar refractivity (Wildman–Crippen MR) is 242 cm³/mol. The fraction of sp³-hybridized carbons (Fsp3) is 0.898. The van der Waals surface area contributed by atoms with E-state index in [0.29, 0.717) is 38.9 Å². The van der Waals surface area contributed by atoms with Crippen LogP contribution in [0.15, 0.2) is 0 Å². The molecule has 12 nitrogen and oxygen atoms in total. The van der Waals surface area contributed by atoms with Gasteiger partial charge in [0.1, 0.15) is 12.1 Å². The standard InChI is InChI=1S/C49H91NO11/c1-3-5-7-8-9-12-17-22-28-33-41(47(54)55)49(58)60-40-32-26-21-16-11-10-15-20-25-31-39-59-45(52)36-30-24-19-14-13-18-23-29-34-43(51)44(35-27-6-4-2)61-46(53)38-37-42(50)48(56)57/h41-44,51H,3-40,50H2,1-2H3,(H,54,55)(H,56,57). The number of rotatable bonds is 46. The summed E-state index contributed by atoms with van der Waals surface area (Å²) in [6.07, 6.45) is 32.5. The van der Waals surface area contributed by atoms with Gasteiger partial charge in [-0.2, -0.15) is 0 Å². The zero-order chi connectivity index (χ0) is 45.2. The van der Waals surface area contributed by atoms with E-state index >= 15 is 0 Å². The lowest BCUT2D eigenvalue weighted by atomic mass is 9.99. The van der Waals surface area contributed by atoms with Crippen molar-refractivity contribution in [3.63, 3.8) is 0 Å². The zero-order valence-electron chi connectivity index (χ0n) is 38.9. The first-order chi connectivity index (χ1) is 29.5. The van der Waals surface area contributed by atoms with Crippen molar-refractivity contribution in [1.82, 2.24) is 0 Å². The minimum atomic E-state index is -1.15. The van der Waals surface area contributed by atoms with Gasteiger partial charge in [-0.1, -0.05) is 181 Å². The molecule has 358 valence electrons. The topological polar surface area (TPSA) is 200 Å². The minimum Gasteiger partial charge on any atom is -0.481 e. The molecule has 0 aromatic carbocycles. The quantitative estimate of drug-likeness (QED) is 0.0196. The molecule has 0 heterocycles. The fourth-order valence-electron chi connectivity index (χ4n) is 7.57. The van der Waals surface area contributed by atoms with Gasteiger partial charge in [0, 0.05) is 12.8 Å². The van der Waals surface area contributed by atoms with E-state index in [2.05, 4.69) is 13.8 Å². The van der Waals surface area contributed by atoms with Crippen molar-refractivity contribution in [1.29, 1.82) is 0 Å². The molecule has 0 aliphatic rings. The van der Waals surface area contributed by atoms with Crippen LogP contribution in [0.25, 0.3) is 0 Å². The molecule has 0 saturated heterocycles. The Hall–Kier alpha value is -2.73. The molecule has 0 aliphatic heterocycles. The van der Waals surface area contributed by atoms with E-state index in [4.69, 9.17) is 25.1 Å². The molecule has 0 spiro atoms. The van der Waals surface area contributed by atoms with Gasteiger partial charge in [-0.25, -0.2) is 0 Å². The van der Waals surface area contributed by atoms with Crippen LogP contribution in [0.5, 0.6) is 0 Å². The van der Waals surface area contributed by atoms with E-state index < -0.39 is 48.0 Å². The Labute approximate surface area is 370 Å². The Morgan fingerprint density at radius 3 is 1.34 bits per heavy atom. The maximum atomic E-state index is 12.3. The fourth-order valence-corrected chi connectivity index (χ4v) is 7.57. The Balaban J connectivity index is 3.70. The second-order valence-electron chi connectivity index (χ2n) is 17.4. The summed E-state index contributed by atoms with van der Waals surface area (Å²) >= 11 is 0. The first kappa shape index (κ1) is 58.3. The van der Waals surface area contributed by atoms with Gasteiger partial charge in [0.15, 0.2) is 5.92 Å². The van der Waals surface area contributed by atoms with Gasteiger partial charge in [0.05, 0.1) is 19.3 Å². The van der Waals surface area contributed by atoms with E-state index in [1.54, 1.807) is 0 Å². The van der Waals surface area contributed by atoms with Crippen LogP contribution in [0, 0.1) is 5.92 Å². The summed E-state index contributed by atoms with van der Waals surface area (Å²) in [5, 5.41) is 29.1. The summed E-state index contributed by atoms with van der Waals surface area (Å²) in [7, 11) is 0. The molecule has 0 amide bonds. The number of hydrogen-bond acceptors (Lipinski definition) is 10. The van der Waals surface area contributed by atoms with Crippen LogP contribution in [0.4, 0.5) is 0 Å². The summed E-state index contributed by atoms with van der Waals surface area (Å²) < 4.78 is 16.3. The third kappa shape index (κ3) is 37.5. The van der Waals surface area contributed by atoms with Gasteiger partial charge < -0.3 is 35.3 Å². The molecule has 5 N–H and O–H groups in total. The Bertz CT molecular complexity index is 1090. The van der Waals surface area contributed by atoms with Crippen LogP contribution in [-0.2, 0) is 38.2 Å². The van der Waals surface area contributed by atoms with Crippen molar-refractivity contribution < 1.29 is 53.5 Å². The van der Waals surface area contributed by atoms with Gasteiger partial charge in [-0.05, 0) is 51.4 Å². The lowest BCUT2D eigenvalue weighted by Gasteiger charge is -2.23. The molecular formula is C49H91NO11. The van der Waals surface area contributed by atoms with Gasteiger partial charge in [-0.15, -0.1) is 0 Å². The first-order valence-corrected chi connectivity index (χ1v) is 24.9. The van der Waals surface area contributed by atoms with Crippen molar-refractivity contribution in [3.05, 3.63) is 0 Å². The lowest BCUT2D eigenvalue weighted by Crippen LogP contribution is -2.33. The molecule has 0 aliphatic carbocycles. The molecule has 4 atom stereocenters. The highest BCUT2D eigenvalue weighted by molar-refractivity contribution is 5.93. The van der Waals surface area contributed by atoms with Gasteiger partial charge in [0.2, 0.25) is 0 Å². The highest BCUT2D eigenvalue weighted by Gasteiger charge is 2.27. The molecule has 0 saturated carbocycles. The van der Waals surface area contributed by atoms with Crippen LogP contribution < -0.4 is 5.73 Å². The van der Waals surface area contributed by atoms with E-state index in [-0.39, 0.29) is 18.8 Å². The maximum absolute atomic E-state index is 12.3. The zero-order valence-corrected chi connectivity index (χ0v) is 38.9. The molecule has 0 aromatic rings. The van der Waals surface area contributed by atoms with Crippen molar-refractivity contribution in [2.75, 3.05) is 13.2 Å². The van der Waals surface area contributed by atoms with Crippen molar-refractivity contribution in [2.45, 2.75) is 263 Å². The Kier molecular flexibility index (Phi) is 40.7. The van der Waals surface area contributed by atoms with Crippen LogP contribution >= 0.6 is 0 Å². The van der Waals surface area contributed by atoms with Crippen molar-refractivity contribution in [3.8, 4) is 0 Å². The molecule has 0 fully saturated rings. The van der Waals surface area contributed by atoms with Crippen LogP contribution in [0.2, 0.25) is 0 Å². The molecule has 12 heteroatoms. The predicted octanol–water partition coefficient (Wildman–Crippen LogP) is 11.5. The number of ether oxygens (including phenoxy) is 3. The van der Waals surface area contributed by atoms with Crippen LogP contribution in [-0.4, -0.2) is 76.6 Å². The van der Waals surface area contributed by atoms with E-state index in [9.17, 15) is 34.2 Å². The third-order valence-corrected chi connectivity index (χ3v) is 11.6. The molecule has 0 radical (unpaired) electrons. The first-order valence-electron chi connectivity index (χ1n) is 24.9. The van der Waals surface area contributed by atoms with Gasteiger partial charge in [0.25, 0.3) is 0 Å². The number of aliphatic hydroxyl groups is 1. The largest absolute Gasteiger partial charge is 0.481 e. The number of carbonyl (C=O) groups excluding carboxylic acids is 3. The molecule has 0 aromatic heterocycles. The maximum Gasteiger partial charge on any atom is 0.320 e. The Morgan fingerprint density at radius 2 is 0.852 bits per heavy atom. The van der Waals surface area contributed by atoms with Gasteiger partial charge >= 0.3 is 29.8 Å².